The van der Waals surface area contributed by atoms with E-state index in [2.05, 4.69) is 15.8 Å². The molecule has 0 aliphatic heterocycles. The van der Waals surface area contributed by atoms with Crippen LogP contribution in [-0.2, 0) is 6.54 Å². The van der Waals surface area contributed by atoms with E-state index < -0.39 is 0 Å². The Kier molecular flexibility index (Phi) is 7.53. The van der Waals surface area contributed by atoms with Gasteiger partial charge in [-0.3, -0.25) is 4.79 Å². The molecule has 6 rings (SSSR count). The van der Waals surface area contributed by atoms with Gasteiger partial charge in [-0.1, -0.05) is 36.6 Å². The Morgan fingerprint density at radius 2 is 1.78 bits per heavy atom. The summed E-state index contributed by atoms with van der Waals surface area (Å²) in [6.07, 6.45) is 7.64. The molecule has 1 saturated carbocycles. The van der Waals surface area contributed by atoms with Gasteiger partial charge in [-0.15, -0.1) is 0 Å². The molecular weight excluding hydrogens is 520 g/mol. The fraction of sp³-hybridized carbons (Fsp3) is 0.290. The Balaban J connectivity index is 1.28. The predicted octanol–water partition coefficient (Wildman–Crippen LogP) is 6.57. The van der Waals surface area contributed by atoms with Crippen molar-refractivity contribution in [1.82, 2.24) is 19.9 Å². The topological polar surface area (TPSA) is 116 Å². The van der Waals surface area contributed by atoms with Gasteiger partial charge in [0.05, 0.1) is 13.7 Å². The van der Waals surface area contributed by atoms with E-state index in [4.69, 9.17) is 24.1 Å². The number of amides is 1. The number of benzene rings is 2. The molecule has 0 radical (unpaired) electrons. The third-order valence-corrected chi connectivity index (χ3v) is 7.25. The Bertz CT molecular complexity index is 1640. The zero-order chi connectivity index (χ0) is 28.2. The number of methoxy groups -OCH3 is 1. The third kappa shape index (κ3) is 6.01. The lowest BCUT2D eigenvalue weighted by Crippen LogP contribution is -2.22. The number of carbonyl (C=O) groups is 1. The van der Waals surface area contributed by atoms with E-state index in [0.29, 0.717) is 41.2 Å². The third-order valence-electron chi connectivity index (χ3n) is 7.25. The number of fused-ring (bicyclic) bond motifs is 1. The van der Waals surface area contributed by atoms with Gasteiger partial charge < -0.3 is 24.6 Å². The van der Waals surface area contributed by atoms with Crippen molar-refractivity contribution in [3.63, 3.8) is 0 Å². The van der Waals surface area contributed by atoms with E-state index in [1.165, 1.54) is 19.3 Å². The number of pyridine rings is 1. The predicted molar refractivity (Wildman–Crippen MR) is 156 cm³/mol. The Hall–Kier alpha value is -4.86. The molecule has 10 nitrogen and oxygen atoms in total. The molecule has 2 N–H and O–H groups in total. The van der Waals surface area contributed by atoms with Crippen LogP contribution in [-0.4, -0.2) is 39.0 Å². The van der Waals surface area contributed by atoms with Crippen molar-refractivity contribution >= 4 is 28.6 Å². The first-order valence-electron chi connectivity index (χ1n) is 13.8. The largest absolute Gasteiger partial charge is 0.497 e. The quantitative estimate of drug-likeness (QED) is 0.211. The van der Waals surface area contributed by atoms with Gasteiger partial charge in [-0.2, -0.15) is 5.10 Å². The molecule has 1 aliphatic carbocycles. The van der Waals surface area contributed by atoms with Crippen molar-refractivity contribution in [1.29, 1.82) is 0 Å². The summed E-state index contributed by atoms with van der Waals surface area (Å²) in [7, 11) is 1.66. The van der Waals surface area contributed by atoms with E-state index in [9.17, 15) is 4.79 Å². The average molecular weight is 553 g/mol. The van der Waals surface area contributed by atoms with Crippen LogP contribution < -0.4 is 20.1 Å². The van der Waals surface area contributed by atoms with Crippen molar-refractivity contribution in [2.75, 3.05) is 17.7 Å². The van der Waals surface area contributed by atoms with Crippen molar-refractivity contribution in [3.05, 3.63) is 83.7 Å². The zero-order valence-electron chi connectivity index (χ0n) is 23.1. The maximum atomic E-state index is 12.6. The van der Waals surface area contributed by atoms with E-state index in [0.717, 1.165) is 41.0 Å². The average Bonchev–Trinajstić information content (AvgIpc) is 3.57. The Morgan fingerprint density at radius 3 is 2.49 bits per heavy atom. The summed E-state index contributed by atoms with van der Waals surface area (Å²) in [6, 6.07) is 18.8. The van der Waals surface area contributed by atoms with E-state index in [1.807, 2.05) is 35.0 Å². The molecule has 0 bridgehead atoms. The number of anilines is 2. The van der Waals surface area contributed by atoms with Gasteiger partial charge in [0, 0.05) is 29.9 Å². The summed E-state index contributed by atoms with van der Waals surface area (Å²) >= 11 is 0. The van der Waals surface area contributed by atoms with Crippen LogP contribution in [0.15, 0.2) is 71.4 Å². The van der Waals surface area contributed by atoms with Gasteiger partial charge >= 0.3 is 0 Å². The van der Waals surface area contributed by atoms with Crippen LogP contribution in [0.25, 0.3) is 11.0 Å². The number of aryl methyl sites for hydroxylation is 1. The molecule has 1 aliphatic rings. The van der Waals surface area contributed by atoms with Crippen LogP contribution >= 0.6 is 0 Å². The van der Waals surface area contributed by atoms with Gasteiger partial charge in [0.15, 0.2) is 17.3 Å². The molecule has 0 spiro atoms. The van der Waals surface area contributed by atoms with Gasteiger partial charge in [-0.25, -0.2) is 9.67 Å². The molecule has 5 aromatic rings. The van der Waals surface area contributed by atoms with Crippen LogP contribution in [0.5, 0.6) is 17.2 Å². The van der Waals surface area contributed by atoms with E-state index >= 15 is 0 Å². The first kappa shape index (κ1) is 26.4. The zero-order valence-corrected chi connectivity index (χ0v) is 23.1. The first-order valence-corrected chi connectivity index (χ1v) is 13.8. The fourth-order valence-corrected chi connectivity index (χ4v) is 5.13. The first-order chi connectivity index (χ1) is 20.1. The highest BCUT2D eigenvalue weighted by atomic mass is 16.5. The van der Waals surface area contributed by atoms with Crippen molar-refractivity contribution < 1.29 is 18.8 Å². The lowest BCUT2D eigenvalue weighted by Gasteiger charge is -2.22. The van der Waals surface area contributed by atoms with Crippen molar-refractivity contribution in [3.8, 4) is 17.2 Å². The molecule has 0 saturated heterocycles. The maximum absolute atomic E-state index is 12.6. The second kappa shape index (κ2) is 11.7. The number of ether oxygens (including phenoxy) is 2. The second-order valence-electron chi connectivity index (χ2n) is 10.2. The minimum Gasteiger partial charge on any atom is -0.497 e. The summed E-state index contributed by atoms with van der Waals surface area (Å²) < 4.78 is 18.6. The van der Waals surface area contributed by atoms with E-state index in [1.54, 1.807) is 50.6 Å². The Labute approximate surface area is 237 Å². The minimum absolute atomic E-state index is 0.282. The smallest absolute Gasteiger partial charge is 0.256 e. The van der Waals surface area contributed by atoms with Crippen molar-refractivity contribution in [2.24, 2.45) is 0 Å². The highest BCUT2D eigenvalue weighted by Crippen LogP contribution is 2.36. The molecule has 1 amide bonds. The normalized spacial score (nSPS) is 13.7. The number of nitrogens with one attached hydrogen (secondary N) is 2. The van der Waals surface area contributed by atoms with Crippen LogP contribution in [0.3, 0.4) is 0 Å². The van der Waals surface area contributed by atoms with Crippen LogP contribution in [0, 0.1) is 6.92 Å². The second-order valence-corrected chi connectivity index (χ2v) is 10.2. The number of carbonyl (C=O) groups excluding carboxylic acids is 1. The molecule has 0 unspecified atom stereocenters. The number of hydrogen-bond donors (Lipinski definition) is 2. The molecule has 210 valence electrons. The monoisotopic (exact) mass is 552 g/mol. The highest BCUT2D eigenvalue weighted by Gasteiger charge is 2.21. The van der Waals surface area contributed by atoms with Gasteiger partial charge in [0.1, 0.15) is 28.4 Å². The molecule has 2 aromatic carbocycles. The number of rotatable bonds is 9. The molecule has 1 fully saturated rings. The van der Waals surface area contributed by atoms with Crippen LogP contribution in [0.1, 0.15) is 53.8 Å². The summed E-state index contributed by atoms with van der Waals surface area (Å²) in [5, 5.41) is 16.0. The van der Waals surface area contributed by atoms with Gasteiger partial charge in [0.2, 0.25) is 0 Å². The highest BCUT2D eigenvalue weighted by molar-refractivity contribution is 6.03. The maximum Gasteiger partial charge on any atom is 0.256 e. The molecule has 3 heterocycles. The van der Waals surface area contributed by atoms with Gasteiger partial charge in [0.25, 0.3) is 5.91 Å². The number of aromatic nitrogens is 4. The molecule has 10 heteroatoms. The van der Waals surface area contributed by atoms with Gasteiger partial charge in [-0.05, 0) is 61.7 Å². The standard InChI is InChI=1S/C31H32N6O4/c1-20-18-27(36-41-20)34-31(38)22-10-14-25(15-11-22)40-26-16-17-32-30-28(26)29(33-23-6-4-3-5-7-23)35-37(30)19-21-8-12-24(39-2)13-9-21/h8-18,23H,3-7,19H2,1-2H3,(H,33,35)(H,34,36,38). The summed E-state index contributed by atoms with van der Waals surface area (Å²) in [4.78, 5) is 17.3. The van der Waals surface area contributed by atoms with Crippen molar-refractivity contribution in [2.45, 2.75) is 51.6 Å². The summed E-state index contributed by atoms with van der Waals surface area (Å²) in [6.45, 7) is 2.32. The SMILES string of the molecule is COc1ccc(Cn2nc(NC3CCCCC3)c3c(Oc4ccc(C(=O)Nc5cc(C)on5)cc4)ccnc32)cc1. The molecule has 3 aromatic heterocycles. The lowest BCUT2D eigenvalue weighted by molar-refractivity contribution is 0.102. The Morgan fingerprint density at radius 1 is 1.02 bits per heavy atom. The number of hydrogen-bond acceptors (Lipinski definition) is 8. The molecular formula is C31H32N6O4. The van der Waals surface area contributed by atoms with E-state index in [-0.39, 0.29) is 5.91 Å². The number of nitrogens with zero attached hydrogens (tertiary/aromatic N) is 4. The minimum atomic E-state index is -0.282. The summed E-state index contributed by atoms with van der Waals surface area (Å²) in [5.41, 5.74) is 2.29. The summed E-state index contributed by atoms with van der Waals surface area (Å²) in [5.74, 6) is 3.53. The fourth-order valence-electron chi connectivity index (χ4n) is 5.13. The van der Waals surface area contributed by atoms with Crippen LogP contribution in [0.2, 0.25) is 0 Å². The molecule has 41 heavy (non-hydrogen) atoms. The van der Waals surface area contributed by atoms with Crippen LogP contribution in [0.4, 0.5) is 11.6 Å². The lowest BCUT2D eigenvalue weighted by atomic mass is 9.95. The molecule has 0 atom stereocenters.